The number of nitrogens with zero attached hydrogens (tertiary/aromatic N) is 1. The number of hydroxylamine groups is 2. The Morgan fingerprint density at radius 1 is 1.10 bits per heavy atom. The fourth-order valence-corrected chi connectivity index (χ4v) is 3.54. The zero-order valence-electron chi connectivity index (χ0n) is 13.9. The molecule has 0 saturated carbocycles. The Morgan fingerprint density at radius 3 is 2.10 bits per heavy atom. The average molecular weight is 310 g/mol. The summed E-state index contributed by atoms with van der Waals surface area (Å²) in [6.07, 6.45) is 3.66. The standard InChI is InChI=1S/C18H28ClNO/c1-14(16-9-7-15(13-19)8-10-16)21-20-17(2,3)11-6-12-18(20,4)5/h7-10,14H,6,11-13H2,1-5H3. The molecule has 2 rings (SSSR count). The van der Waals surface area contributed by atoms with Gasteiger partial charge in [-0.25, -0.2) is 0 Å². The smallest absolute Gasteiger partial charge is 0.102 e. The number of benzene rings is 1. The van der Waals surface area contributed by atoms with Gasteiger partial charge in [-0.3, -0.25) is 4.84 Å². The fourth-order valence-electron chi connectivity index (χ4n) is 3.36. The van der Waals surface area contributed by atoms with Crippen LogP contribution in [-0.4, -0.2) is 16.1 Å². The first-order valence-corrected chi connectivity index (χ1v) is 8.42. The van der Waals surface area contributed by atoms with Crippen molar-refractivity contribution in [2.24, 2.45) is 0 Å². The summed E-state index contributed by atoms with van der Waals surface area (Å²) in [5.74, 6) is 0.557. The van der Waals surface area contributed by atoms with E-state index in [1.165, 1.54) is 24.8 Å². The Balaban J connectivity index is 2.14. The summed E-state index contributed by atoms with van der Waals surface area (Å²) in [6, 6.07) is 8.39. The summed E-state index contributed by atoms with van der Waals surface area (Å²) in [5, 5.41) is 2.23. The van der Waals surface area contributed by atoms with Crippen LogP contribution in [-0.2, 0) is 10.7 Å². The molecule has 0 bridgehead atoms. The van der Waals surface area contributed by atoms with Crippen LogP contribution in [0.15, 0.2) is 24.3 Å². The van der Waals surface area contributed by atoms with E-state index in [1.54, 1.807) is 0 Å². The molecule has 1 atom stereocenters. The van der Waals surface area contributed by atoms with Gasteiger partial charge in [0.1, 0.15) is 6.10 Å². The first kappa shape index (κ1) is 16.8. The van der Waals surface area contributed by atoms with Gasteiger partial charge in [-0.05, 0) is 65.0 Å². The van der Waals surface area contributed by atoms with Gasteiger partial charge in [0, 0.05) is 17.0 Å². The van der Waals surface area contributed by atoms with Crippen molar-refractivity contribution in [2.75, 3.05) is 0 Å². The van der Waals surface area contributed by atoms with Crippen LogP contribution in [0, 0.1) is 0 Å². The summed E-state index contributed by atoms with van der Waals surface area (Å²) in [4.78, 5) is 6.38. The first-order valence-electron chi connectivity index (χ1n) is 7.88. The second-order valence-corrected chi connectivity index (χ2v) is 7.66. The average Bonchev–Trinajstić information content (AvgIpc) is 2.42. The lowest BCUT2D eigenvalue weighted by Crippen LogP contribution is -2.58. The lowest BCUT2D eigenvalue weighted by molar-refractivity contribution is -0.304. The minimum absolute atomic E-state index is 0.0472. The number of halogens is 1. The maximum absolute atomic E-state index is 6.38. The van der Waals surface area contributed by atoms with E-state index in [4.69, 9.17) is 16.4 Å². The molecule has 1 fully saturated rings. The molecule has 1 aromatic rings. The summed E-state index contributed by atoms with van der Waals surface area (Å²) in [6.45, 7) is 11.2. The number of alkyl halides is 1. The molecule has 0 aromatic heterocycles. The largest absolute Gasteiger partial charge is 0.290 e. The van der Waals surface area contributed by atoms with Crippen LogP contribution in [0.2, 0.25) is 0 Å². The molecule has 118 valence electrons. The third kappa shape index (κ3) is 3.80. The summed E-state index contributed by atoms with van der Waals surface area (Å²) >= 11 is 5.85. The van der Waals surface area contributed by atoms with Crippen molar-refractivity contribution >= 4 is 11.6 Å². The minimum Gasteiger partial charge on any atom is -0.290 e. The molecular weight excluding hydrogens is 282 g/mol. The van der Waals surface area contributed by atoms with Gasteiger partial charge in [-0.1, -0.05) is 24.3 Å². The van der Waals surface area contributed by atoms with Gasteiger partial charge in [0.05, 0.1) is 0 Å². The molecule has 0 spiro atoms. The van der Waals surface area contributed by atoms with E-state index in [-0.39, 0.29) is 17.2 Å². The van der Waals surface area contributed by atoms with E-state index in [1.807, 2.05) is 0 Å². The molecule has 21 heavy (non-hydrogen) atoms. The Labute approximate surface area is 134 Å². The van der Waals surface area contributed by atoms with Crippen LogP contribution in [0.5, 0.6) is 0 Å². The predicted octanol–water partition coefficient (Wildman–Crippen LogP) is 5.46. The van der Waals surface area contributed by atoms with Gasteiger partial charge in [0.15, 0.2) is 0 Å². The van der Waals surface area contributed by atoms with E-state index < -0.39 is 0 Å². The van der Waals surface area contributed by atoms with Crippen LogP contribution in [0.25, 0.3) is 0 Å². The van der Waals surface area contributed by atoms with Gasteiger partial charge < -0.3 is 0 Å². The normalized spacial score (nSPS) is 23.0. The van der Waals surface area contributed by atoms with Gasteiger partial charge in [0.2, 0.25) is 0 Å². The second-order valence-electron chi connectivity index (χ2n) is 7.40. The molecule has 0 amide bonds. The van der Waals surface area contributed by atoms with Crippen molar-refractivity contribution in [3.8, 4) is 0 Å². The van der Waals surface area contributed by atoms with Crippen LogP contribution >= 0.6 is 11.6 Å². The highest BCUT2D eigenvalue weighted by atomic mass is 35.5. The number of hydrogen-bond acceptors (Lipinski definition) is 2. The van der Waals surface area contributed by atoms with Crippen molar-refractivity contribution in [1.29, 1.82) is 0 Å². The van der Waals surface area contributed by atoms with Crippen molar-refractivity contribution in [1.82, 2.24) is 5.06 Å². The molecular formula is C18H28ClNO. The summed E-state index contributed by atoms with van der Waals surface area (Å²) in [7, 11) is 0. The Kier molecular flexibility index (Phi) is 5.02. The van der Waals surface area contributed by atoms with Crippen LogP contribution in [0.4, 0.5) is 0 Å². The minimum atomic E-state index is 0.0472. The highest BCUT2D eigenvalue weighted by Crippen LogP contribution is 2.40. The number of hydrogen-bond donors (Lipinski definition) is 0. The Bertz CT molecular complexity index is 451. The maximum atomic E-state index is 6.38. The highest BCUT2D eigenvalue weighted by Gasteiger charge is 2.43. The molecule has 0 radical (unpaired) electrons. The first-order chi connectivity index (χ1) is 9.76. The molecule has 3 heteroatoms. The molecule has 1 aromatic carbocycles. The van der Waals surface area contributed by atoms with Crippen LogP contribution in [0.3, 0.4) is 0 Å². The number of rotatable bonds is 4. The summed E-state index contributed by atoms with van der Waals surface area (Å²) in [5.41, 5.74) is 2.49. The third-order valence-corrected chi connectivity index (χ3v) is 4.85. The lowest BCUT2D eigenvalue weighted by Gasteiger charge is -2.52. The number of piperidine rings is 1. The molecule has 0 N–H and O–H groups in total. The highest BCUT2D eigenvalue weighted by molar-refractivity contribution is 6.17. The van der Waals surface area contributed by atoms with Gasteiger partial charge in [-0.2, -0.15) is 5.06 Å². The molecule has 1 unspecified atom stereocenters. The van der Waals surface area contributed by atoms with Crippen molar-refractivity contribution < 1.29 is 4.84 Å². The Morgan fingerprint density at radius 2 is 1.62 bits per heavy atom. The van der Waals surface area contributed by atoms with Gasteiger partial charge >= 0.3 is 0 Å². The molecule has 1 heterocycles. The summed E-state index contributed by atoms with van der Waals surface area (Å²) < 4.78 is 0. The van der Waals surface area contributed by atoms with E-state index in [0.717, 1.165) is 5.56 Å². The van der Waals surface area contributed by atoms with E-state index in [9.17, 15) is 0 Å². The van der Waals surface area contributed by atoms with Gasteiger partial charge in [0.25, 0.3) is 0 Å². The van der Waals surface area contributed by atoms with Gasteiger partial charge in [-0.15, -0.1) is 11.6 Å². The zero-order chi connectivity index (χ0) is 15.7. The van der Waals surface area contributed by atoms with Crippen LogP contribution in [0.1, 0.15) is 71.1 Å². The van der Waals surface area contributed by atoms with E-state index in [2.05, 4.69) is 63.9 Å². The topological polar surface area (TPSA) is 12.5 Å². The van der Waals surface area contributed by atoms with E-state index >= 15 is 0 Å². The fraction of sp³-hybridized carbons (Fsp3) is 0.667. The quantitative estimate of drug-likeness (QED) is 0.685. The molecule has 1 aliphatic rings. The lowest BCUT2D eigenvalue weighted by atomic mass is 9.82. The van der Waals surface area contributed by atoms with Crippen molar-refractivity contribution in [2.45, 2.75) is 76.9 Å². The predicted molar refractivity (Wildman–Crippen MR) is 89.3 cm³/mol. The molecule has 0 aliphatic carbocycles. The molecule has 1 saturated heterocycles. The van der Waals surface area contributed by atoms with Crippen molar-refractivity contribution in [3.63, 3.8) is 0 Å². The third-order valence-electron chi connectivity index (χ3n) is 4.54. The Hall–Kier alpha value is -0.570. The van der Waals surface area contributed by atoms with Crippen molar-refractivity contribution in [3.05, 3.63) is 35.4 Å². The monoisotopic (exact) mass is 309 g/mol. The SMILES string of the molecule is CC(ON1C(C)(C)CCCC1(C)C)c1ccc(CCl)cc1. The second kappa shape index (κ2) is 6.28. The van der Waals surface area contributed by atoms with E-state index in [0.29, 0.717) is 5.88 Å². The molecule has 1 aliphatic heterocycles. The molecule has 2 nitrogen and oxygen atoms in total. The zero-order valence-corrected chi connectivity index (χ0v) is 14.7. The van der Waals surface area contributed by atoms with Crippen LogP contribution < -0.4 is 0 Å². The maximum Gasteiger partial charge on any atom is 0.102 e.